The molecule has 0 radical (unpaired) electrons. The number of ether oxygens (including phenoxy) is 2. The zero-order valence-electron chi connectivity index (χ0n) is 13.2. The van der Waals surface area contributed by atoms with Crippen molar-refractivity contribution in [2.45, 2.75) is 20.3 Å². The number of carboxylic acids is 1. The minimum Gasteiger partial charge on any atom is -0.481 e. The Kier molecular flexibility index (Phi) is 5.12. The van der Waals surface area contributed by atoms with Gasteiger partial charge in [-0.15, -0.1) is 0 Å². The van der Waals surface area contributed by atoms with Crippen molar-refractivity contribution < 1.29 is 23.8 Å². The molecule has 0 saturated heterocycles. The molecule has 2 aromatic rings. The summed E-state index contributed by atoms with van der Waals surface area (Å²) in [4.78, 5) is 11.4. The summed E-state index contributed by atoms with van der Waals surface area (Å²) in [6.07, 6.45) is 0.187. The lowest BCUT2D eigenvalue weighted by Gasteiger charge is -2.21. The molecule has 0 aliphatic heterocycles. The van der Waals surface area contributed by atoms with Gasteiger partial charge in [0.25, 0.3) is 0 Å². The number of fused-ring (bicyclic) bond motifs is 1. The van der Waals surface area contributed by atoms with Crippen LogP contribution in [-0.2, 0) is 16.0 Å². The highest BCUT2D eigenvalue weighted by molar-refractivity contribution is 6.36. The summed E-state index contributed by atoms with van der Waals surface area (Å²) >= 11 is 6.11. The first-order valence-corrected chi connectivity index (χ1v) is 7.40. The van der Waals surface area contributed by atoms with Crippen molar-refractivity contribution in [3.05, 3.63) is 40.7 Å². The van der Waals surface area contributed by atoms with Crippen LogP contribution in [-0.4, -0.2) is 25.0 Å². The Morgan fingerprint density at radius 1 is 1.35 bits per heavy atom. The summed E-state index contributed by atoms with van der Waals surface area (Å²) in [5.41, 5.74) is -0.409. The Morgan fingerprint density at radius 3 is 2.65 bits per heavy atom. The van der Waals surface area contributed by atoms with Crippen LogP contribution in [0.4, 0.5) is 4.39 Å². The monoisotopic (exact) mass is 340 g/mol. The maximum Gasteiger partial charge on any atom is 0.309 e. The van der Waals surface area contributed by atoms with Crippen LogP contribution in [0.2, 0.25) is 5.02 Å². The number of rotatable bonds is 6. The minimum absolute atomic E-state index is 0.0167. The molecule has 1 N–H and O–H groups in total. The van der Waals surface area contributed by atoms with Gasteiger partial charge in [0.15, 0.2) is 6.79 Å². The average Bonchev–Trinajstić information content (AvgIpc) is 2.48. The maximum absolute atomic E-state index is 13.8. The number of halogens is 2. The van der Waals surface area contributed by atoms with E-state index in [1.165, 1.54) is 13.2 Å². The van der Waals surface area contributed by atoms with Crippen molar-refractivity contribution >= 4 is 28.3 Å². The van der Waals surface area contributed by atoms with Gasteiger partial charge < -0.3 is 14.6 Å². The van der Waals surface area contributed by atoms with Gasteiger partial charge in [0.2, 0.25) is 0 Å². The molecule has 0 aromatic heterocycles. The zero-order chi connectivity index (χ0) is 17.2. The van der Waals surface area contributed by atoms with Crippen LogP contribution in [0.25, 0.3) is 10.8 Å². The van der Waals surface area contributed by atoms with Crippen LogP contribution in [0.5, 0.6) is 5.75 Å². The molecule has 0 spiro atoms. The SMILES string of the molecule is COCOc1cc(CC(C)(C)C(=O)O)c2c(Cl)c(F)ccc2c1. The van der Waals surface area contributed by atoms with E-state index in [0.717, 1.165) is 0 Å². The lowest BCUT2D eigenvalue weighted by Crippen LogP contribution is -2.26. The van der Waals surface area contributed by atoms with E-state index < -0.39 is 17.2 Å². The van der Waals surface area contributed by atoms with Gasteiger partial charge in [-0.2, -0.15) is 0 Å². The quantitative estimate of drug-likeness (QED) is 0.798. The lowest BCUT2D eigenvalue weighted by molar-refractivity contribution is -0.146. The fraction of sp³-hybridized carbons (Fsp3) is 0.353. The maximum atomic E-state index is 13.8. The molecule has 0 saturated carbocycles. The van der Waals surface area contributed by atoms with Gasteiger partial charge in [0, 0.05) is 12.5 Å². The first-order chi connectivity index (χ1) is 10.8. The Hall–Kier alpha value is -1.85. The van der Waals surface area contributed by atoms with Gasteiger partial charge in [0.05, 0.1) is 10.4 Å². The van der Waals surface area contributed by atoms with Crippen molar-refractivity contribution in [2.24, 2.45) is 5.41 Å². The molecule has 0 fully saturated rings. The largest absolute Gasteiger partial charge is 0.481 e. The van der Waals surface area contributed by atoms with E-state index in [0.29, 0.717) is 22.1 Å². The van der Waals surface area contributed by atoms with Crippen molar-refractivity contribution in [1.29, 1.82) is 0 Å². The standard InChI is InChI=1S/C17H18ClFO4/c1-17(2,16(20)21)8-11-7-12(23-9-22-3)6-10-4-5-13(19)15(18)14(10)11/h4-7H,8-9H2,1-3H3,(H,20,21). The molecule has 2 aromatic carbocycles. The van der Waals surface area contributed by atoms with Gasteiger partial charge in [-0.25, -0.2) is 4.39 Å². The summed E-state index contributed by atoms with van der Waals surface area (Å²) in [6.45, 7) is 3.27. The van der Waals surface area contributed by atoms with E-state index in [9.17, 15) is 14.3 Å². The highest BCUT2D eigenvalue weighted by atomic mass is 35.5. The van der Waals surface area contributed by atoms with Gasteiger partial charge in [-0.3, -0.25) is 4.79 Å². The second kappa shape index (κ2) is 6.72. The van der Waals surface area contributed by atoms with Crippen LogP contribution < -0.4 is 4.74 Å². The molecular formula is C17H18ClFO4. The van der Waals surface area contributed by atoms with E-state index in [-0.39, 0.29) is 18.2 Å². The molecule has 0 aliphatic carbocycles. The predicted molar refractivity (Wildman–Crippen MR) is 86.5 cm³/mol. The Bertz CT molecular complexity index is 743. The summed E-state index contributed by atoms with van der Waals surface area (Å²) in [7, 11) is 1.50. The number of carboxylic acid groups (broad SMARTS) is 1. The van der Waals surface area contributed by atoms with Crippen LogP contribution in [0.3, 0.4) is 0 Å². The summed E-state index contributed by atoms with van der Waals surface area (Å²) in [5.74, 6) is -0.973. The molecule has 0 bridgehead atoms. The fourth-order valence-corrected chi connectivity index (χ4v) is 2.65. The first kappa shape index (κ1) is 17.5. The van der Waals surface area contributed by atoms with E-state index in [1.807, 2.05) is 0 Å². The lowest BCUT2D eigenvalue weighted by atomic mass is 9.84. The normalized spacial score (nSPS) is 11.7. The third-order valence-electron chi connectivity index (χ3n) is 3.62. The Morgan fingerprint density at radius 2 is 2.04 bits per heavy atom. The smallest absolute Gasteiger partial charge is 0.309 e. The fourth-order valence-electron chi connectivity index (χ4n) is 2.35. The molecule has 0 unspecified atom stereocenters. The van der Waals surface area contributed by atoms with Gasteiger partial charge in [-0.05, 0) is 49.4 Å². The molecular weight excluding hydrogens is 323 g/mol. The summed E-state index contributed by atoms with van der Waals surface area (Å²) < 4.78 is 24.1. The van der Waals surface area contributed by atoms with Crippen LogP contribution in [0, 0.1) is 11.2 Å². The predicted octanol–water partition coefficient (Wildman–Crippen LogP) is 4.27. The Labute approximate surface area is 138 Å². The van der Waals surface area contributed by atoms with Crippen molar-refractivity contribution in [3.8, 4) is 5.75 Å². The molecule has 23 heavy (non-hydrogen) atoms. The molecule has 124 valence electrons. The highest BCUT2D eigenvalue weighted by Gasteiger charge is 2.29. The van der Waals surface area contributed by atoms with Crippen LogP contribution >= 0.6 is 11.6 Å². The van der Waals surface area contributed by atoms with E-state index >= 15 is 0 Å². The Balaban J connectivity index is 2.62. The van der Waals surface area contributed by atoms with Gasteiger partial charge in [0.1, 0.15) is 11.6 Å². The van der Waals surface area contributed by atoms with E-state index in [2.05, 4.69) is 0 Å². The van der Waals surface area contributed by atoms with Gasteiger partial charge in [-0.1, -0.05) is 17.7 Å². The second-order valence-corrected chi connectivity index (χ2v) is 6.34. The first-order valence-electron chi connectivity index (χ1n) is 7.02. The number of aliphatic carboxylic acids is 1. The molecule has 0 heterocycles. The molecule has 0 aliphatic rings. The molecule has 0 atom stereocenters. The van der Waals surface area contributed by atoms with E-state index in [4.69, 9.17) is 21.1 Å². The zero-order valence-corrected chi connectivity index (χ0v) is 13.9. The number of benzene rings is 2. The number of hydrogen-bond acceptors (Lipinski definition) is 3. The molecule has 0 amide bonds. The minimum atomic E-state index is -1.03. The molecule has 4 nitrogen and oxygen atoms in total. The van der Waals surface area contributed by atoms with Gasteiger partial charge >= 0.3 is 5.97 Å². The van der Waals surface area contributed by atoms with Crippen molar-refractivity contribution in [1.82, 2.24) is 0 Å². The van der Waals surface area contributed by atoms with Crippen molar-refractivity contribution in [2.75, 3.05) is 13.9 Å². The average molecular weight is 341 g/mol. The molecule has 6 heteroatoms. The topological polar surface area (TPSA) is 55.8 Å². The van der Waals surface area contributed by atoms with Crippen molar-refractivity contribution in [3.63, 3.8) is 0 Å². The highest BCUT2D eigenvalue weighted by Crippen LogP contribution is 2.36. The second-order valence-electron chi connectivity index (χ2n) is 5.96. The van der Waals surface area contributed by atoms with E-state index in [1.54, 1.807) is 32.0 Å². The number of carbonyl (C=O) groups is 1. The summed E-state index contributed by atoms with van der Waals surface area (Å²) in [5, 5.41) is 10.5. The number of methoxy groups -OCH3 is 1. The number of hydrogen-bond donors (Lipinski definition) is 1. The summed E-state index contributed by atoms with van der Waals surface area (Å²) in [6, 6.07) is 6.26. The third kappa shape index (κ3) is 3.74. The third-order valence-corrected chi connectivity index (χ3v) is 3.99. The van der Waals surface area contributed by atoms with Crippen LogP contribution in [0.15, 0.2) is 24.3 Å². The van der Waals surface area contributed by atoms with Crippen LogP contribution in [0.1, 0.15) is 19.4 Å². The molecule has 2 rings (SSSR count).